The van der Waals surface area contributed by atoms with E-state index < -0.39 is 0 Å². The molecule has 0 spiro atoms. The van der Waals surface area contributed by atoms with Gasteiger partial charge in [0.25, 0.3) is 0 Å². The largest absolute Gasteiger partial charge is 0.392 e. The van der Waals surface area contributed by atoms with Gasteiger partial charge in [0.05, 0.1) is 6.10 Å². The maximum atomic E-state index is 9.36. The molecular weight excluding hydrogens is 124 g/mol. The van der Waals surface area contributed by atoms with Crippen molar-refractivity contribution in [3.63, 3.8) is 0 Å². The lowest BCUT2D eigenvalue weighted by Gasteiger charge is -1.95. The molecule has 0 amide bonds. The minimum atomic E-state index is -0.109. The minimum absolute atomic E-state index is 0.109. The Morgan fingerprint density at radius 3 is 1.90 bits per heavy atom. The first-order valence-corrected chi connectivity index (χ1v) is 3.79. The van der Waals surface area contributed by atoms with Crippen LogP contribution in [0.25, 0.3) is 0 Å². The van der Waals surface area contributed by atoms with Crippen LogP contribution in [-0.2, 0) is 0 Å². The highest BCUT2D eigenvalue weighted by Crippen LogP contribution is 2.52. The van der Waals surface area contributed by atoms with Crippen molar-refractivity contribution in [3.8, 4) is 0 Å². The average molecular weight is 140 g/mol. The second-order valence-electron chi connectivity index (χ2n) is 4.04. The highest BCUT2D eigenvalue weighted by Gasteiger charge is 2.55. The summed E-state index contributed by atoms with van der Waals surface area (Å²) in [5.41, 5.74) is 1.44. The maximum Gasteiger partial charge on any atom is 0.0666 e. The molecule has 1 fully saturated rings. The van der Waals surface area contributed by atoms with Crippen LogP contribution in [0, 0.1) is 11.3 Å². The molecule has 58 valence electrons. The SMILES string of the molecule is CC(C)=CC1C(O)C1(C)C. The van der Waals surface area contributed by atoms with Gasteiger partial charge in [0.1, 0.15) is 0 Å². The maximum absolute atomic E-state index is 9.36. The Morgan fingerprint density at radius 2 is 1.80 bits per heavy atom. The molecular formula is C9H16O. The van der Waals surface area contributed by atoms with E-state index in [-0.39, 0.29) is 11.5 Å². The van der Waals surface area contributed by atoms with E-state index in [4.69, 9.17) is 0 Å². The molecule has 2 unspecified atom stereocenters. The summed E-state index contributed by atoms with van der Waals surface area (Å²) >= 11 is 0. The van der Waals surface area contributed by atoms with Crippen molar-refractivity contribution in [3.05, 3.63) is 11.6 Å². The third-order valence-corrected chi connectivity index (χ3v) is 2.37. The van der Waals surface area contributed by atoms with Crippen LogP contribution in [0.1, 0.15) is 27.7 Å². The van der Waals surface area contributed by atoms with Crippen LogP contribution in [0.5, 0.6) is 0 Å². The molecule has 0 radical (unpaired) electrons. The molecule has 2 atom stereocenters. The zero-order valence-corrected chi connectivity index (χ0v) is 7.18. The molecule has 0 heterocycles. The fraction of sp³-hybridized carbons (Fsp3) is 0.778. The van der Waals surface area contributed by atoms with Gasteiger partial charge in [-0.1, -0.05) is 25.5 Å². The summed E-state index contributed by atoms with van der Waals surface area (Å²) in [6.45, 7) is 8.34. The smallest absolute Gasteiger partial charge is 0.0666 e. The Morgan fingerprint density at radius 1 is 1.40 bits per heavy atom. The Bertz CT molecular complexity index is 164. The van der Waals surface area contributed by atoms with Gasteiger partial charge in [-0.25, -0.2) is 0 Å². The predicted molar refractivity (Wildman–Crippen MR) is 42.7 cm³/mol. The van der Waals surface area contributed by atoms with Gasteiger partial charge in [-0.3, -0.25) is 0 Å². The molecule has 1 rings (SSSR count). The molecule has 1 N–H and O–H groups in total. The van der Waals surface area contributed by atoms with E-state index in [9.17, 15) is 5.11 Å². The Balaban J connectivity index is 2.58. The van der Waals surface area contributed by atoms with E-state index in [2.05, 4.69) is 33.8 Å². The predicted octanol–water partition coefficient (Wildman–Crippen LogP) is 1.97. The highest BCUT2D eigenvalue weighted by atomic mass is 16.3. The van der Waals surface area contributed by atoms with E-state index in [1.54, 1.807) is 0 Å². The summed E-state index contributed by atoms with van der Waals surface area (Å²) in [5.74, 6) is 0.400. The molecule has 0 aromatic heterocycles. The lowest BCUT2D eigenvalue weighted by atomic mass is 10.1. The monoisotopic (exact) mass is 140 g/mol. The van der Waals surface area contributed by atoms with Gasteiger partial charge in [0.2, 0.25) is 0 Å². The fourth-order valence-corrected chi connectivity index (χ4v) is 1.31. The molecule has 0 bridgehead atoms. The first kappa shape index (κ1) is 7.80. The Labute approximate surface area is 62.8 Å². The van der Waals surface area contributed by atoms with Gasteiger partial charge in [-0.05, 0) is 13.8 Å². The molecule has 0 aromatic rings. The average Bonchev–Trinajstić information content (AvgIpc) is 2.17. The lowest BCUT2D eigenvalue weighted by molar-refractivity contribution is 0.232. The molecule has 1 aliphatic rings. The van der Waals surface area contributed by atoms with Crippen molar-refractivity contribution < 1.29 is 5.11 Å². The van der Waals surface area contributed by atoms with Crippen LogP contribution in [0.3, 0.4) is 0 Å². The number of allylic oxidation sites excluding steroid dienone is 1. The molecule has 1 heteroatoms. The topological polar surface area (TPSA) is 20.2 Å². The first-order valence-electron chi connectivity index (χ1n) is 3.79. The normalized spacial score (nSPS) is 35.3. The van der Waals surface area contributed by atoms with Gasteiger partial charge >= 0.3 is 0 Å². The highest BCUT2D eigenvalue weighted by molar-refractivity contribution is 5.17. The van der Waals surface area contributed by atoms with Crippen molar-refractivity contribution in [2.24, 2.45) is 11.3 Å². The molecule has 1 saturated carbocycles. The number of aliphatic hydroxyl groups is 1. The number of rotatable bonds is 1. The van der Waals surface area contributed by atoms with Crippen molar-refractivity contribution in [1.82, 2.24) is 0 Å². The first-order chi connectivity index (χ1) is 4.46. The molecule has 0 aromatic carbocycles. The van der Waals surface area contributed by atoms with Crippen molar-refractivity contribution in [1.29, 1.82) is 0 Å². The van der Waals surface area contributed by atoms with Crippen molar-refractivity contribution in [2.45, 2.75) is 33.8 Å². The van der Waals surface area contributed by atoms with Crippen LogP contribution in [0.2, 0.25) is 0 Å². The van der Waals surface area contributed by atoms with Gasteiger partial charge in [-0.15, -0.1) is 0 Å². The van der Waals surface area contributed by atoms with E-state index in [0.29, 0.717) is 5.92 Å². The quantitative estimate of drug-likeness (QED) is 0.552. The zero-order chi connectivity index (χ0) is 7.94. The van der Waals surface area contributed by atoms with Crippen LogP contribution >= 0.6 is 0 Å². The van der Waals surface area contributed by atoms with Crippen LogP contribution in [-0.4, -0.2) is 11.2 Å². The molecule has 0 aliphatic heterocycles. The number of hydrogen-bond acceptors (Lipinski definition) is 1. The van der Waals surface area contributed by atoms with Crippen molar-refractivity contribution >= 4 is 0 Å². The van der Waals surface area contributed by atoms with Gasteiger partial charge in [-0.2, -0.15) is 0 Å². The summed E-state index contributed by atoms with van der Waals surface area (Å²) in [5, 5.41) is 9.36. The minimum Gasteiger partial charge on any atom is -0.392 e. The second kappa shape index (κ2) is 2.09. The third kappa shape index (κ3) is 1.10. The molecule has 1 nitrogen and oxygen atoms in total. The summed E-state index contributed by atoms with van der Waals surface area (Å²) < 4.78 is 0. The zero-order valence-electron chi connectivity index (χ0n) is 7.18. The summed E-state index contributed by atoms with van der Waals surface area (Å²) in [6.07, 6.45) is 2.05. The number of aliphatic hydroxyl groups excluding tert-OH is 1. The van der Waals surface area contributed by atoms with Crippen molar-refractivity contribution in [2.75, 3.05) is 0 Å². The standard InChI is InChI=1S/C9H16O/c1-6(2)5-7-8(10)9(7,3)4/h5,7-8,10H,1-4H3. The van der Waals surface area contributed by atoms with Gasteiger partial charge in [0, 0.05) is 11.3 Å². The van der Waals surface area contributed by atoms with E-state index >= 15 is 0 Å². The summed E-state index contributed by atoms with van der Waals surface area (Å²) in [6, 6.07) is 0. The Hall–Kier alpha value is -0.300. The molecule has 1 aliphatic carbocycles. The summed E-state index contributed by atoms with van der Waals surface area (Å²) in [7, 11) is 0. The van der Waals surface area contributed by atoms with E-state index in [0.717, 1.165) is 0 Å². The third-order valence-electron chi connectivity index (χ3n) is 2.37. The number of hydrogen-bond donors (Lipinski definition) is 1. The fourth-order valence-electron chi connectivity index (χ4n) is 1.31. The van der Waals surface area contributed by atoms with Gasteiger partial charge in [0.15, 0.2) is 0 Å². The van der Waals surface area contributed by atoms with E-state index in [1.807, 2.05) is 0 Å². The second-order valence-corrected chi connectivity index (χ2v) is 4.04. The lowest BCUT2D eigenvalue weighted by Crippen LogP contribution is -1.91. The van der Waals surface area contributed by atoms with Crippen LogP contribution in [0.4, 0.5) is 0 Å². The van der Waals surface area contributed by atoms with Crippen LogP contribution < -0.4 is 0 Å². The summed E-state index contributed by atoms with van der Waals surface area (Å²) in [4.78, 5) is 0. The molecule has 0 saturated heterocycles. The Kier molecular flexibility index (Phi) is 1.63. The van der Waals surface area contributed by atoms with Crippen LogP contribution in [0.15, 0.2) is 11.6 Å². The molecule has 10 heavy (non-hydrogen) atoms. The van der Waals surface area contributed by atoms with Gasteiger partial charge < -0.3 is 5.11 Å². The van der Waals surface area contributed by atoms with E-state index in [1.165, 1.54) is 5.57 Å².